The summed E-state index contributed by atoms with van der Waals surface area (Å²) in [6.07, 6.45) is 10.4. The van der Waals surface area contributed by atoms with E-state index in [4.69, 9.17) is 5.73 Å². The number of hydrogen-bond donors (Lipinski definition) is 1. The topological polar surface area (TPSA) is 46.3 Å². The minimum atomic E-state index is 0.274. The zero-order valence-corrected chi connectivity index (χ0v) is 10.6. The number of carbonyl (C=O) groups is 1. The number of amides is 1. The van der Waals surface area contributed by atoms with E-state index in [0.717, 1.165) is 6.42 Å². The van der Waals surface area contributed by atoms with Crippen molar-refractivity contribution in [3.05, 3.63) is 0 Å². The van der Waals surface area contributed by atoms with Crippen LogP contribution in [0.15, 0.2) is 0 Å². The van der Waals surface area contributed by atoms with Gasteiger partial charge in [-0.05, 0) is 25.8 Å². The van der Waals surface area contributed by atoms with E-state index < -0.39 is 0 Å². The van der Waals surface area contributed by atoms with Crippen LogP contribution in [0.5, 0.6) is 0 Å². The van der Waals surface area contributed by atoms with Crippen molar-refractivity contribution in [3.63, 3.8) is 0 Å². The maximum Gasteiger partial charge on any atom is 0.222 e. The Morgan fingerprint density at radius 2 is 1.75 bits per heavy atom. The lowest BCUT2D eigenvalue weighted by Gasteiger charge is -2.29. The quantitative estimate of drug-likeness (QED) is 0.799. The molecule has 0 saturated heterocycles. The van der Waals surface area contributed by atoms with Gasteiger partial charge in [-0.25, -0.2) is 0 Å². The van der Waals surface area contributed by atoms with Crippen molar-refractivity contribution >= 4 is 5.91 Å². The van der Waals surface area contributed by atoms with Gasteiger partial charge in [0.1, 0.15) is 0 Å². The second-order valence-electron chi connectivity index (χ2n) is 4.90. The molecule has 0 atom stereocenters. The molecule has 0 aromatic rings. The molecule has 0 aromatic heterocycles. The summed E-state index contributed by atoms with van der Waals surface area (Å²) >= 11 is 0. The van der Waals surface area contributed by atoms with Crippen molar-refractivity contribution in [2.75, 3.05) is 13.6 Å². The molecule has 1 saturated carbocycles. The first-order chi connectivity index (χ1) is 7.75. The Hall–Kier alpha value is -0.570. The van der Waals surface area contributed by atoms with E-state index >= 15 is 0 Å². The van der Waals surface area contributed by atoms with Gasteiger partial charge in [0.25, 0.3) is 0 Å². The highest BCUT2D eigenvalue weighted by Gasteiger charge is 2.19. The third-order valence-electron chi connectivity index (χ3n) is 3.61. The van der Waals surface area contributed by atoms with Gasteiger partial charge in [0.05, 0.1) is 0 Å². The molecule has 2 N–H and O–H groups in total. The molecule has 1 aliphatic carbocycles. The average molecular weight is 226 g/mol. The van der Waals surface area contributed by atoms with E-state index in [1.165, 1.54) is 44.9 Å². The van der Waals surface area contributed by atoms with Gasteiger partial charge in [-0.2, -0.15) is 0 Å². The Balaban J connectivity index is 2.36. The van der Waals surface area contributed by atoms with Crippen molar-refractivity contribution < 1.29 is 4.79 Å². The van der Waals surface area contributed by atoms with Crippen LogP contribution in [0.1, 0.15) is 57.8 Å². The summed E-state index contributed by atoms with van der Waals surface area (Å²) in [5, 5.41) is 0. The van der Waals surface area contributed by atoms with Gasteiger partial charge in [-0.1, -0.05) is 32.1 Å². The molecule has 0 bridgehead atoms. The Kier molecular flexibility index (Phi) is 6.46. The Morgan fingerprint density at radius 1 is 1.19 bits per heavy atom. The zero-order valence-electron chi connectivity index (χ0n) is 10.6. The third-order valence-corrected chi connectivity index (χ3v) is 3.61. The second-order valence-corrected chi connectivity index (χ2v) is 4.90. The average Bonchev–Trinajstić information content (AvgIpc) is 2.24. The largest absolute Gasteiger partial charge is 0.343 e. The molecular weight excluding hydrogens is 200 g/mol. The van der Waals surface area contributed by atoms with Crippen molar-refractivity contribution in [3.8, 4) is 0 Å². The SMILES string of the molecule is CN(C(=O)CCCN)C1CCCCCCC1. The minimum Gasteiger partial charge on any atom is -0.343 e. The molecule has 0 heterocycles. The lowest BCUT2D eigenvalue weighted by atomic mass is 9.95. The predicted molar refractivity (Wildman–Crippen MR) is 67.2 cm³/mol. The van der Waals surface area contributed by atoms with Gasteiger partial charge in [0, 0.05) is 19.5 Å². The van der Waals surface area contributed by atoms with Crippen molar-refractivity contribution in [1.82, 2.24) is 4.90 Å². The molecule has 1 aliphatic rings. The fourth-order valence-electron chi connectivity index (χ4n) is 2.46. The van der Waals surface area contributed by atoms with Crippen LogP contribution in [0.25, 0.3) is 0 Å². The van der Waals surface area contributed by atoms with E-state index in [1.807, 2.05) is 11.9 Å². The lowest BCUT2D eigenvalue weighted by molar-refractivity contribution is -0.132. The number of nitrogens with two attached hydrogens (primary N) is 1. The van der Waals surface area contributed by atoms with Crippen LogP contribution in [0, 0.1) is 0 Å². The van der Waals surface area contributed by atoms with Crippen molar-refractivity contribution in [1.29, 1.82) is 0 Å². The van der Waals surface area contributed by atoms with Crippen LogP contribution in [0.4, 0.5) is 0 Å². The summed E-state index contributed by atoms with van der Waals surface area (Å²) in [4.78, 5) is 13.8. The van der Waals surface area contributed by atoms with Gasteiger partial charge in [0.15, 0.2) is 0 Å². The van der Waals surface area contributed by atoms with Crippen LogP contribution in [0.2, 0.25) is 0 Å². The molecule has 0 unspecified atom stereocenters. The van der Waals surface area contributed by atoms with Gasteiger partial charge in [0.2, 0.25) is 5.91 Å². The fraction of sp³-hybridized carbons (Fsp3) is 0.923. The first-order valence-electron chi connectivity index (χ1n) is 6.71. The summed E-state index contributed by atoms with van der Waals surface area (Å²) in [7, 11) is 1.96. The highest BCUT2D eigenvalue weighted by atomic mass is 16.2. The van der Waals surface area contributed by atoms with E-state index in [0.29, 0.717) is 19.0 Å². The van der Waals surface area contributed by atoms with Gasteiger partial charge < -0.3 is 10.6 Å². The summed E-state index contributed by atoms with van der Waals surface area (Å²) in [6, 6.07) is 0.477. The standard InChI is InChI=1S/C13H26N2O/c1-15(13(16)10-7-11-14)12-8-5-3-2-4-6-9-12/h12H,2-11,14H2,1H3. The minimum absolute atomic E-state index is 0.274. The number of hydrogen-bond acceptors (Lipinski definition) is 2. The molecule has 16 heavy (non-hydrogen) atoms. The number of rotatable bonds is 4. The van der Waals surface area contributed by atoms with E-state index in [9.17, 15) is 4.79 Å². The Labute approximate surface area is 99.4 Å². The second kappa shape index (κ2) is 7.66. The molecule has 1 amide bonds. The van der Waals surface area contributed by atoms with Gasteiger partial charge >= 0.3 is 0 Å². The maximum atomic E-state index is 11.9. The van der Waals surface area contributed by atoms with Gasteiger partial charge in [-0.3, -0.25) is 4.79 Å². The highest BCUT2D eigenvalue weighted by molar-refractivity contribution is 5.76. The van der Waals surface area contributed by atoms with Crippen molar-refractivity contribution in [2.45, 2.75) is 63.8 Å². The van der Waals surface area contributed by atoms with E-state index in [2.05, 4.69) is 0 Å². The lowest BCUT2D eigenvalue weighted by Crippen LogP contribution is -2.37. The van der Waals surface area contributed by atoms with Crippen LogP contribution in [-0.2, 0) is 4.79 Å². The van der Waals surface area contributed by atoms with Crippen molar-refractivity contribution in [2.24, 2.45) is 5.73 Å². The number of carbonyl (C=O) groups excluding carboxylic acids is 1. The molecule has 94 valence electrons. The smallest absolute Gasteiger partial charge is 0.222 e. The zero-order chi connectivity index (χ0) is 11.8. The molecule has 0 aliphatic heterocycles. The van der Waals surface area contributed by atoms with Crippen LogP contribution in [0.3, 0.4) is 0 Å². The van der Waals surface area contributed by atoms with Gasteiger partial charge in [-0.15, -0.1) is 0 Å². The highest BCUT2D eigenvalue weighted by Crippen LogP contribution is 2.21. The maximum absolute atomic E-state index is 11.9. The summed E-state index contributed by atoms with van der Waals surface area (Å²) in [5.41, 5.74) is 5.43. The Bertz CT molecular complexity index is 198. The van der Waals surface area contributed by atoms with Crippen LogP contribution in [-0.4, -0.2) is 30.4 Å². The molecule has 0 radical (unpaired) electrons. The molecule has 1 rings (SSSR count). The first kappa shape index (κ1) is 13.5. The summed E-state index contributed by atoms with van der Waals surface area (Å²) in [6.45, 7) is 0.615. The third kappa shape index (κ3) is 4.52. The predicted octanol–water partition coefficient (Wildman–Crippen LogP) is 2.30. The molecule has 0 aromatic carbocycles. The monoisotopic (exact) mass is 226 g/mol. The normalized spacial score (nSPS) is 18.9. The number of nitrogens with zero attached hydrogens (tertiary/aromatic N) is 1. The molecular formula is C13H26N2O. The fourth-order valence-corrected chi connectivity index (χ4v) is 2.46. The first-order valence-corrected chi connectivity index (χ1v) is 6.71. The van der Waals surface area contributed by atoms with E-state index in [-0.39, 0.29) is 5.91 Å². The van der Waals surface area contributed by atoms with E-state index in [1.54, 1.807) is 0 Å². The molecule has 3 heteroatoms. The molecule has 0 spiro atoms. The van der Waals surface area contributed by atoms with Crippen LogP contribution >= 0.6 is 0 Å². The molecule has 1 fully saturated rings. The Morgan fingerprint density at radius 3 is 2.31 bits per heavy atom. The summed E-state index contributed by atoms with van der Waals surface area (Å²) < 4.78 is 0. The molecule has 3 nitrogen and oxygen atoms in total. The van der Waals surface area contributed by atoms with Crippen LogP contribution < -0.4 is 5.73 Å². The summed E-state index contributed by atoms with van der Waals surface area (Å²) in [5.74, 6) is 0.274.